The van der Waals surface area contributed by atoms with Gasteiger partial charge in [-0.15, -0.1) is 22.9 Å². The molecule has 1 heterocycles. The minimum absolute atomic E-state index is 0.532. The van der Waals surface area contributed by atoms with Crippen LogP contribution in [0, 0.1) is 0 Å². The van der Waals surface area contributed by atoms with E-state index in [9.17, 15) is 0 Å². The lowest BCUT2D eigenvalue weighted by Crippen LogP contribution is -1.80. The van der Waals surface area contributed by atoms with Crippen LogP contribution in [0.15, 0.2) is 46.9 Å². The zero-order valence-corrected chi connectivity index (χ0v) is 12.5. The molecule has 0 unspecified atom stereocenters. The van der Waals surface area contributed by atoms with Gasteiger partial charge in [-0.25, -0.2) is 4.98 Å². The number of hydrogen-bond donors (Lipinski definition) is 0. The van der Waals surface area contributed by atoms with Gasteiger partial charge in [0.05, 0.1) is 10.2 Å². The first kappa shape index (κ1) is 12.2. The minimum Gasteiger partial charge on any atom is -0.236 e. The fourth-order valence-corrected chi connectivity index (χ4v) is 3.27. The summed E-state index contributed by atoms with van der Waals surface area (Å²) in [4.78, 5) is 4.66. The van der Waals surface area contributed by atoms with Crippen LogP contribution in [0.25, 0.3) is 20.8 Å². The van der Waals surface area contributed by atoms with Crippen molar-refractivity contribution >= 4 is 49.1 Å². The van der Waals surface area contributed by atoms with E-state index in [1.54, 1.807) is 11.3 Å². The number of benzene rings is 2. The predicted molar refractivity (Wildman–Crippen MR) is 82.3 cm³/mol. The predicted octanol–water partition coefficient (Wildman–Crippen LogP) is 5.46. The van der Waals surface area contributed by atoms with Crippen molar-refractivity contribution < 1.29 is 0 Å². The Morgan fingerprint density at radius 3 is 2.89 bits per heavy atom. The molecule has 0 amide bonds. The third kappa shape index (κ3) is 2.30. The molecule has 3 aromatic rings. The zero-order valence-electron chi connectivity index (χ0n) is 9.36. The molecule has 0 aliphatic rings. The standard InChI is InChI=1S/C14H9BrClNS/c15-11-4-5-13-12(7-11)17-14(18-13)10-3-1-2-9(6-10)8-16/h1-7H,8H2. The van der Waals surface area contributed by atoms with Gasteiger partial charge in [-0.05, 0) is 29.8 Å². The highest BCUT2D eigenvalue weighted by molar-refractivity contribution is 9.10. The zero-order chi connectivity index (χ0) is 12.5. The Morgan fingerprint density at radius 2 is 2.06 bits per heavy atom. The second-order valence-electron chi connectivity index (χ2n) is 3.97. The molecule has 1 nitrogen and oxygen atoms in total. The Bertz CT molecular complexity index is 708. The Balaban J connectivity index is 2.13. The monoisotopic (exact) mass is 337 g/mol. The SMILES string of the molecule is ClCc1cccc(-c2nc3cc(Br)ccc3s2)c1. The van der Waals surface area contributed by atoms with Crippen molar-refractivity contribution in [3.05, 3.63) is 52.5 Å². The van der Waals surface area contributed by atoms with E-state index in [2.05, 4.69) is 39.1 Å². The number of rotatable bonds is 2. The van der Waals surface area contributed by atoms with Gasteiger partial charge in [0.25, 0.3) is 0 Å². The number of fused-ring (bicyclic) bond motifs is 1. The van der Waals surface area contributed by atoms with Gasteiger partial charge in [-0.2, -0.15) is 0 Å². The second kappa shape index (κ2) is 5.00. The number of halogens is 2. The smallest absolute Gasteiger partial charge is 0.124 e. The highest BCUT2D eigenvalue weighted by Crippen LogP contribution is 2.32. The van der Waals surface area contributed by atoms with E-state index in [1.165, 1.54) is 4.70 Å². The molecule has 0 radical (unpaired) electrons. The summed E-state index contributed by atoms with van der Waals surface area (Å²) in [5, 5.41) is 1.04. The van der Waals surface area contributed by atoms with Crippen molar-refractivity contribution in [2.75, 3.05) is 0 Å². The van der Waals surface area contributed by atoms with Crippen LogP contribution < -0.4 is 0 Å². The summed E-state index contributed by atoms with van der Waals surface area (Å²) < 4.78 is 2.26. The van der Waals surface area contributed by atoms with Gasteiger partial charge in [-0.1, -0.05) is 34.1 Å². The van der Waals surface area contributed by atoms with Crippen LogP contribution >= 0.6 is 38.9 Å². The maximum atomic E-state index is 5.86. The minimum atomic E-state index is 0.532. The number of alkyl halides is 1. The average Bonchev–Trinajstić information content (AvgIpc) is 2.81. The van der Waals surface area contributed by atoms with Crippen molar-refractivity contribution in [3.63, 3.8) is 0 Å². The lowest BCUT2D eigenvalue weighted by Gasteiger charge is -1.98. The van der Waals surface area contributed by atoms with Crippen LogP contribution in [0.1, 0.15) is 5.56 Å². The molecule has 3 rings (SSSR count). The Labute approximate surface area is 123 Å². The molecule has 0 saturated heterocycles. The van der Waals surface area contributed by atoms with Gasteiger partial charge in [0.2, 0.25) is 0 Å². The van der Waals surface area contributed by atoms with Crippen LogP contribution in [0.5, 0.6) is 0 Å². The molecule has 0 spiro atoms. The largest absolute Gasteiger partial charge is 0.236 e. The van der Waals surface area contributed by atoms with Crippen molar-refractivity contribution in [3.8, 4) is 10.6 Å². The molecule has 0 N–H and O–H groups in total. The molecule has 2 aromatic carbocycles. The first-order valence-electron chi connectivity index (χ1n) is 5.47. The van der Waals surface area contributed by atoms with Crippen LogP contribution in [0.2, 0.25) is 0 Å². The van der Waals surface area contributed by atoms with Crippen LogP contribution in [0.3, 0.4) is 0 Å². The molecule has 0 saturated carbocycles. The Hall–Kier alpha value is -0.900. The van der Waals surface area contributed by atoms with E-state index in [0.717, 1.165) is 26.1 Å². The molecule has 4 heteroatoms. The first-order valence-corrected chi connectivity index (χ1v) is 7.62. The average molecular weight is 339 g/mol. The van der Waals surface area contributed by atoms with E-state index in [0.29, 0.717) is 5.88 Å². The third-order valence-corrected chi connectivity index (χ3v) is 4.57. The van der Waals surface area contributed by atoms with E-state index in [1.807, 2.05) is 24.3 Å². The third-order valence-electron chi connectivity index (χ3n) is 2.68. The molecular weight excluding hydrogens is 330 g/mol. The van der Waals surface area contributed by atoms with Gasteiger partial charge in [0.1, 0.15) is 5.01 Å². The van der Waals surface area contributed by atoms with E-state index < -0.39 is 0 Å². The lowest BCUT2D eigenvalue weighted by molar-refractivity contribution is 1.39. The lowest BCUT2D eigenvalue weighted by atomic mass is 10.1. The Morgan fingerprint density at radius 1 is 1.17 bits per heavy atom. The molecule has 0 bridgehead atoms. The van der Waals surface area contributed by atoms with Crippen molar-refractivity contribution in [1.29, 1.82) is 0 Å². The maximum absolute atomic E-state index is 5.86. The normalized spacial score (nSPS) is 11.0. The summed E-state index contributed by atoms with van der Waals surface area (Å²) in [6.45, 7) is 0. The highest BCUT2D eigenvalue weighted by Gasteiger charge is 2.07. The van der Waals surface area contributed by atoms with Crippen LogP contribution in [-0.2, 0) is 5.88 Å². The second-order valence-corrected chi connectivity index (χ2v) is 6.18. The first-order chi connectivity index (χ1) is 8.76. The summed E-state index contributed by atoms with van der Waals surface area (Å²) >= 11 is 11.0. The fourth-order valence-electron chi connectivity index (χ4n) is 1.81. The van der Waals surface area contributed by atoms with Gasteiger partial charge >= 0.3 is 0 Å². The van der Waals surface area contributed by atoms with Crippen molar-refractivity contribution in [1.82, 2.24) is 4.98 Å². The maximum Gasteiger partial charge on any atom is 0.124 e. The van der Waals surface area contributed by atoms with Crippen molar-refractivity contribution in [2.45, 2.75) is 5.88 Å². The molecule has 90 valence electrons. The number of aromatic nitrogens is 1. The van der Waals surface area contributed by atoms with E-state index >= 15 is 0 Å². The molecule has 1 aromatic heterocycles. The number of thiazole rings is 1. The quantitative estimate of drug-likeness (QED) is 0.565. The molecule has 0 atom stereocenters. The van der Waals surface area contributed by atoms with E-state index in [4.69, 9.17) is 11.6 Å². The van der Waals surface area contributed by atoms with Gasteiger partial charge < -0.3 is 0 Å². The summed E-state index contributed by atoms with van der Waals surface area (Å²) in [5.74, 6) is 0.532. The van der Waals surface area contributed by atoms with Crippen LogP contribution in [-0.4, -0.2) is 4.98 Å². The van der Waals surface area contributed by atoms with Gasteiger partial charge in [-0.3, -0.25) is 0 Å². The van der Waals surface area contributed by atoms with E-state index in [-0.39, 0.29) is 0 Å². The summed E-state index contributed by atoms with van der Waals surface area (Å²) in [6.07, 6.45) is 0. The Kier molecular flexibility index (Phi) is 3.37. The molecule has 18 heavy (non-hydrogen) atoms. The number of hydrogen-bond acceptors (Lipinski definition) is 2. The molecule has 0 fully saturated rings. The van der Waals surface area contributed by atoms with Crippen LogP contribution in [0.4, 0.5) is 0 Å². The molecule has 0 aliphatic heterocycles. The topological polar surface area (TPSA) is 12.9 Å². The fraction of sp³-hybridized carbons (Fsp3) is 0.0714. The molecular formula is C14H9BrClNS. The van der Waals surface area contributed by atoms with Gasteiger partial charge in [0.15, 0.2) is 0 Å². The highest BCUT2D eigenvalue weighted by atomic mass is 79.9. The van der Waals surface area contributed by atoms with Crippen molar-refractivity contribution in [2.24, 2.45) is 0 Å². The van der Waals surface area contributed by atoms with Gasteiger partial charge in [0, 0.05) is 15.9 Å². The molecule has 0 aliphatic carbocycles. The summed E-state index contributed by atoms with van der Waals surface area (Å²) in [7, 11) is 0. The summed E-state index contributed by atoms with van der Waals surface area (Å²) in [5.41, 5.74) is 3.28. The summed E-state index contributed by atoms with van der Waals surface area (Å²) in [6, 6.07) is 14.4. The number of nitrogens with zero attached hydrogens (tertiary/aromatic N) is 1.